The molecule has 3 rings (SSSR count). The molecule has 3 aliphatic rings. The van der Waals surface area contributed by atoms with Gasteiger partial charge in [0.2, 0.25) is 5.91 Å². The Morgan fingerprint density at radius 1 is 1.21 bits per heavy atom. The van der Waals surface area contributed by atoms with E-state index in [-0.39, 0.29) is 36.1 Å². The van der Waals surface area contributed by atoms with Crippen molar-refractivity contribution in [3.63, 3.8) is 0 Å². The third-order valence-electron chi connectivity index (χ3n) is 4.59. The van der Waals surface area contributed by atoms with Crippen LogP contribution in [0.1, 0.15) is 38.5 Å². The van der Waals surface area contributed by atoms with Crippen LogP contribution < -0.4 is 16.4 Å². The van der Waals surface area contributed by atoms with Crippen LogP contribution in [-0.4, -0.2) is 47.6 Å². The summed E-state index contributed by atoms with van der Waals surface area (Å²) in [6, 6.07) is 0.385. The minimum Gasteiger partial charge on any atom is -0.352 e. The third kappa shape index (κ3) is 2.54. The Balaban J connectivity index is 1.56. The summed E-state index contributed by atoms with van der Waals surface area (Å²) in [5.74, 6) is 0.0102. The number of piperidine rings is 1. The van der Waals surface area contributed by atoms with Gasteiger partial charge in [-0.15, -0.1) is 0 Å². The molecule has 0 spiro atoms. The van der Waals surface area contributed by atoms with Gasteiger partial charge in [0, 0.05) is 24.7 Å². The van der Waals surface area contributed by atoms with Gasteiger partial charge in [-0.1, -0.05) is 0 Å². The van der Waals surface area contributed by atoms with E-state index in [0.29, 0.717) is 6.54 Å². The summed E-state index contributed by atoms with van der Waals surface area (Å²) in [4.78, 5) is 25.7. The topological polar surface area (TPSA) is 87.5 Å². The van der Waals surface area contributed by atoms with Crippen LogP contribution in [0, 0.1) is 0 Å². The second kappa shape index (κ2) is 5.00. The van der Waals surface area contributed by atoms with Crippen molar-refractivity contribution >= 4 is 11.9 Å². The lowest BCUT2D eigenvalue weighted by atomic mass is 9.91. The molecule has 19 heavy (non-hydrogen) atoms. The molecule has 6 heteroatoms. The maximum atomic E-state index is 12.3. The number of fused-ring (bicyclic) bond motifs is 2. The summed E-state index contributed by atoms with van der Waals surface area (Å²) in [6.07, 6.45) is 5.52. The molecule has 3 fully saturated rings. The fraction of sp³-hybridized carbons (Fsp3) is 0.846. The van der Waals surface area contributed by atoms with Crippen molar-refractivity contribution in [1.29, 1.82) is 0 Å². The first-order valence-electron chi connectivity index (χ1n) is 7.26. The van der Waals surface area contributed by atoms with E-state index in [1.165, 1.54) is 0 Å². The SMILES string of the molecule is NC1CCC(NC(=O)[C@@H]2CC[C@@H]3CN2C(=O)N3)CC1. The largest absolute Gasteiger partial charge is 0.352 e. The molecule has 1 aliphatic carbocycles. The highest BCUT2D eigenvalue weighted by Gasteiger charge is 2.42. The minimum atomic E-state index is -0.283. The number of hydrogen-bond acceptors (Lipinski definition) is 3. The molecule has 0 aromatic heterocycles. The van der Waals surface area contributed by atoms with Crippen molar-refractivity contribution in [2.75, 3.05) is 6.54 Å². The molecule has 0 unspecified atom stereocenters. The Morgan fingerprint density at radius 3 is 2.68 bits per heavy atom. The molecule has 2 atom stereocenters. The smallest absolute Gasteiger partial charge is 0.318 e. The molecule has 2 bridgehead atoms. The summed E-state index contributed by atoms with van der Waals surface area (Å²) in [6.45, 7) is 0.673. The van der Waals surface area contributed by atoms with Gasteiger partial charge < -0.3 is 21.3 Å². The molecule has 3 amide bonds. The van der Waals surface area contributed by atoms with Crippen LogP contribution in [0.25, 0.3) is 0 Å². The summed E-state index contributed by atoms with van der Waals surface area (Å²) in [5.41, 5.74) is 5.86. The van der Waals surface area contributed by atoms with Crippen LogP contribution in [0.3, 0.4) is 0 Å². The Bertz CT molecular complexity index is 379. The molecule has 0 aromatic carbocycles. The van der Waals surface area contributed by atoms with E-state index in [1.807, 2.05) is 0 Å². The van der Waals surface area contributed by atoms with Crippen molar-refractivity contribution < 1.29 is 9.59 Å². The van der Waals surface area contributed by atoms with Crippen LogP contribution in [0.15, 0.2) is 0 Å². The number of amides is 3. The van der Waals surface area contributed by atoms with Crippen molar-refractivity contribution in [2.24, 2.45) is 5.73 Å². The summed E-state index contributed by atoms with van der Waals surface area (Å²) in [5, 5.41) is 6.00. The van der Waals surface area contributed by atoms with Gasteiger partial charge in [0.05, 0.1) is 0 Å². The van der Waals surface area contributed by atoms with Crippen molar-refractivity contribution in [3.05, 3.63) is 0 Å². The molecule has 4 N–H and O–H groups in total. The highest BCUT2D eigenvalue weighted by atomic mass is 16.2. The first kappa shape index (κ1) is 12.7. The lowest BCUT2D eigenvalue weighted by molar-refractivity contribution is -0.127. The van der Waals surface area contributed by atoms with Crippen LogP contribution in [-0.2, 0) is 4.79 Å². The van der Waals surface area contributed by atoms with Gasteiger partial charge in [0.15, 0.2) is 0 Å². The maximum Gasteiger partial charge on any atom is 0.318 e. The monoisotopic (exact) mass is 266 g/mol. The average molecular weight is 266 g/mol. The fourth-order valence-corrected chi connectivity index (χ4v) is 3.40. The lowest BCUT2D eigenvalue weighted by Crippen LogP contribution is -2.52. The first-order valence-corrected chi connectivity index (χ1v) is 7.26. The lowest BCUT2D eigenvalue weighted by Gasteiger charge is -2.33. The molecule has 2 heterocycles. The molecular formula is C13H22N4O2. The van der Waals surface area contributed by atoms with E-state index in [1.54, 1.807) is 4.90 Å². The number of rotatable bonds is 2. The highest BCUT2D eigenvalue weighted by molar-refractivity contribution is 5.89. The van der Waals surface area contributed by atoms with Gasteiger partial charge in [0.1, 0.15) is 6.04 Å². The van der Waals surface area contributed by atoms with Crippen LogP contribution in [0.4, 0.5) is 4.79 Å². The zero-order chi connectivity index (χ0) is 13.4. The minimum absolute atomic E-state index is 0.0102. The first-order chi connectivity index (χ1) is 9.13. The third-order valence-corrected chi connectivity index (χ3v) is 4.59. The standard InChI is InChI=1S/C13H22N4O2/c14-8-1-3-9(4-2-8)15-12(18)11-6-5-10-7-17(11)13(19)16-10/h8-11H,1-7,14H2,(H,15,18)(H,16,19)/t8?,9?,10-,11+/m1/s1. The van der Waals surface area contributed by atoms with Gasteiger partial charge in [-0.2, -0.15) is 0 Å². The zero-order valence-corrected chi connectivity index (χ0v) is 11.1. The van der Waals surface area contributed by atoms with Gasteiger partial charge >= 0.3 is 6.03 Å². The van der Waals surface area contributed by atoms with Gasteiger partial charge in [-0.05, 0) is 38.5 Å². The number of nitrogens with zero attached hydrogens (tertiary/aromatic N) is 1. The predicted octanol–water partition coefficient (Wildman–Crippen LogP) is -0.0713. The number of urea groups is 1. The Kier molecular flexibility index (Phi) is 3.35. The molecule has 1 saturated carbocycles. The summed E-state index contributed by atoms with van der Waals surface area (Å²) in [7, 11) is 0. The average Bonchev–Trinajstić information content (AvgIpc) is 2.68. The van der Waals surface area contributed by atoms with E-state index < -0.39 is 0 Å². The van der Waals surface area contributed by atoms with E-state index in [0.717, 1.165) is 38.5 Å². The highest BCUT2D eigenvalue weighted by Crippen LogP contribution is 2.24. The van der Waals surface area contributed by atoms with Crippen LogP contribution in [0.5, 0.6) is 0 Å². The van der Waals surface area contributed by atoms with E-state index >= 15 is 0 Å². The molecule has 2 aliphatic heterocycles. The molecular weight excluding hydrogens is 244 g/mol. The van der Waals surface area contributed by atoms with Gasteiger partial charge in [0.25, 0.3) is 0 Å². The second-order valence-electron chi connectivity index (χ2n) is 6.01. The van der Waals surface area contributed by atoms with Gasteiger partial charge in [-0.25, -0.2) is 4.79 Å². The van der Waals surface area contributed by atoms with Crippen LogP contribution in [0.2, 0.25) is 0 Å². The number of carbonyl (C=O) groups is 2. The molecule has 0 radical (unpaired) electrons. The second-order valence-corrected chi connectivity index (χ2v) is 6.01. The number of carbonyl (C=O) groups excluding carboxylic acids is 2. The van der Waals surface area contributed by atoms with Gasteiger partial charge in [-0.3, -0.25) is 4.79 Å². The van der Waals surface area contributed by atoms with E-state index in [4.69, 9.17) is 5.73 Å². The fourth-order valence-electron chi connectivity index (χ4n) is 3.40. The quantitative estimate of drug-likeness (QED) is 0.654. The van der Waals surface area contributed by atoms with Crippen molar-refractivity contribution in [3.8, 4) is 0 Å². The molecule has 0 aromatic rings. The van der Waals surface area contributed by atoms with Crippen LogP contribution >= 0.6 is 0 Å². The molecule has 6 nitrogen and oxygen atoms in total. The normalized spacial score (nSPS) is 37.9. The summed E-state index contributed by atoms with van der Waals surface area (Å²) >= 11 is 0. The Hall–Kier alpha value is -1.30. The van der Waals surface area contributed by atoms with Crippen molar-refractivity contribution in [1.82, 2.24) is 15.5 Å². The molecule has 106 valence electrons. The number of hydrogen-bond donors (Lipinski definition) is 3. The Labute approximate surface area is 113 Å². The van der Waals surface area contributed by atoms with E-state index in [9.17, 15) is 9.59 Å². The zero-order valence-electron chi connectivity index (χ0n) is 11.1. The number of nitrogens with two attached hydrogens (primary N) is 1. The number of nitrogens with one attached hydrogen (secondary N) is 2. The van der Waals surface area contributed by atoms with E-state index in [2.05, 4.69) is 10.6 Å². The Morgan fingerprint density at radius 2 is 1.95 bits per heavy atom. The molecule has 2 saturated heterocycles. The summed E-state index contributed by atoms with van der Waals surface area (Å²) < 4.78 is 0. The maximum absolute atomic E-state index is 12.3. The van der Waals surface area contributed by atoms with Crippen molar-refractivity contribution in [2.45, 2.75) is 62.7 Å². The predicted molar refractivity (Wildman–Crippen MR) is 70.4 cm³/mol.